The first-order chi connectivity index (χ1) is 10.7. The van der Waals surface area contributed by atoms with E-state index in [2.05, 4.69) is 60.8 Å². The van der Waals surface area contributed by atoms with Gasteiger partial charge in [-0.2, -0.15) is 10.1 Å². The van der Waals surface area contributed by atoms with Gasteiger partial charge < -0.3 is 10.6 Å². The predicted octanol–water partition coefficient (Wildman–Crippen LogP) is 4.43. The summed E-state index contributed by atoms with van der Waals surface area (Å²) in [5.41, 5.74) is 2.17. The van der Waals surface area contributed by atoms with Crippen molar-refractivity contribution in [2.75, 3.05) is 10.6 Å². The van der Waals surface area contributed by atoms with Gasteiger partial charge in [-0.1, -0.05) is 25.3 Å². The molecule has 1 aromatic heterocycles. The molecule has 22 heavy (non-hydrogen) atoms. The number of nitrogens with zero attached hydrogens (tertiary/aromatic N) is 3. The van der Waals surface area contributed by atoms with E-state index in [9.17, 15) is 0 Å². The van der Waals surface area contributed by atoms with Crippen molar-refractivity contribution in [1.82, 2.24) is 15.2 Å². The fraction of sp³-hybridized carbons (Fsp3) is 0.438. The Morgan fingerprint density at radius 1 is 1.18 bits per heavy atom. The zero-order chi connectivity index (χ0) is 15.4. The van der Waals surface area contributed by atoms with Gasteiger partial charge in [-0.15, -0.1) is 5.10 Å². The average molecular weight is 362 g/mol. The van der Waals surface area contributed by atoms with Crippen LogP contribution in [0.15, 0.2) is 28.9 Å². The van der Waals surface area contributed by atoms with Crippen LogP contribution in [0.2, 0.25) is 0 Å². The molecule has 2 N–H and O–H groups in total. The molecule has 0 amide bonds. The van der Waals surface area contributed by atoms with Gasteiger partial charge in [-0.3, -0.25) is 0 Å². The molecule has 1 fully saturated rings. The summed E-state index contributed by atoms with van der Waals surface area (Å²) in [7, 11) is 0. The smallest absolute Gasteiger partial charge is 0.244 e. The van der Waals surface area contributed by atoms with E-state index in [1.807, 2.05) is 6.07 Å². The molecule has 1 aromatic carbocycles. The molecule has 6 heteroatoms. The first-order valence-corrected chi connectivity index (χ1v) is 8.49. The van der Waals surface area contributed by atoms with E-state index in [-0.39, 0.29) is 0 Å². The molecule has 1 heterocycles. The summed E-state index contributed by atoms with van der Waals surface area (Å²) in [5, 5.41) is 14.8. The Morgan fingerprint density at radius 2 is 2.00 bits per heavy atom. The zero-order valence-electron chi connectivity index (χ0n) is 12.6. The van der Waals surface area contributed by atoms with Gasteiger partial charge >= 0.3 is 0 Å². The van der Waals surface area contributed by atoms with E-state index >= 15 is 0 Å². The number of benzene rings is 1. The maximum atomic E-state index is 4.51. The molecule has 0 saturated heterocycles. The maximum absolute atomic E-state index is 4.51. The van der Waals surface area contributed by atoms with Crippen LogP contribution < -0.4 is 10.6 Å². The molecule has 0 bridgehead atoms. The third-order valence-electron chi connectivity index (χ3n) is 3.88. The van der Waals surface area contributed by atoms with E-state index in [0.29, 0.717) is 17.8 Å². The van der Waals surface area contributed by atoms with Crippen molar-refractivity contribution in [3.63, 3.8) is 0 Å². The van der Waals surface area contributed by atoms with Gasteiger partial charge in [0, 0.05) is 10.5 Å². The van der Waals surface area contributed by atoms with Crippen molar-refractivity contribution in [1.29, 1.82) is 0 Å². The second-order valence-electron chi connectivity index (χ2n) is 5.75. The van der Waals surface area contributed by atoms with Crippen LogP contribution in [0.25, 0.3) is 0 Å². The third kappa shape index (κ3) is 3.94. The lowest BCUT2D eigenvalue weighted by atomic mass is 9.96. The number of hydrogen-bond donors (Lipinski definition) is 2. The molecule has 2 aromatic rings. The van der Waals surface area contributed by atoms with Gasteiger partial charge in [0.1, 0.15) is 0 Å². The molecule has 1 saturated carbocycles. The molecule has 3 rings (SSSR count). The Hall–Kier alpha value is -1.69. The van der Waals surface area contributed by atoms with Crippen molar-refractivity contribution in [2.24, 2.45) is 0 Å². The number of hydrogen-bond acceptors (Lipinski definition) is 5. The van der Waals surface area contributed by atoms with Crippen LogP contribution in [0.1, 0.15) is 37.7 Å². The predicted molar refractivity (Wildman–Crippen MR) is 92.5 cm³/mol. The minimum atomic E-state index is 0.469. The fourth-order valence-electron chi connectivity index (χ4n) is 2.71. The highest BCUT2D eigenvalue weighted by molar-refractivity contribution is 9.10. The number of rotatable bonds is 4. The number of aryl methyl sites for hydroxylation is 1. The van der Waals surface area contributed by atoms with Gasteiger partial charge in [0.15, 0.2) is 5.82 Å². The largest absolute Gasteiger partial charge is 0.350 e. The average Bonchev–Trinajstić information content (AvgIpc) is 2.52. The first-order valence-electron chi connectivity index (χ1n) is 7.70. The summed E-state index contributed by atoms with van der Waals surface area (Å²) in [5.74, 6) is 1.29. The summed E-state index contributed by atoms with van der Waals surface area (Å²) in [6.45, 7) is 2.06. The second kappa shape index (κ2) is 7.05. The Kier molecular flexibility index (Phi) is 4.87. The van der Waals surface area contributed by atoms with Crippen molar-refractivity contribution >= 4 is 33.4 Å². The summed E-state index contributed by atoms with van der Waals surface area (Å²) in [6.07, 6.45) is 7.90. The molecule has 0 aliphatic heterocycles. The molecular weight excluding hydrogens is 342 g/mol. The normalized spacial score (nSPS) is 15.5. The Balaban J connectivity index is 1.70. The second-order valence-corrected chi connectivity index (χ2v) is 6.61. The molecule has 0 unspecified atom stereocenters. The Labute approximate surface area is 139 Å². The van der Waals surface area contributed by atoms with Gasteiger partial charge in [-0.05, 0) is 53.4 Å². The fourth-order valence-corrected chi connectivity index (χ4v) is 3.31. The number of nitrogens with one attached hydrogen (secondary N) is 2. The summed E-state index contributed by atoms with van der Waals surface area (Å²) in [6, 6.07) is 6.62. The van der Waals surface area contributed by atoms with Crippen molar-refractivity contribution < 1.29 is 0 Å². The van der Waals surface area contributed by atoms with Crippen LogP contribution in [0.5, 0.6) is 0 Å². The summed E-state index contributed by atoms with van der Waals surface area (Å²) in [4.78, 5) is 4.51. The molecule has 1 aliphatic carbocycles. The number of anilines is 3. The van der Waals surface area contributed by atoms with E-state index in [1.165, 1.54) is 37.7 Å². The maximum Gasteiger partial charge on any atom is 0.244 e. The van der Waals surface area contributed by atoms with Crippen LogP contribution in [-0.4, -0.2) is 21.2 Å². The highest BCUT2D eigenvalue weighted by Crippen LogP contribution is 2.26. The lowest BCUT2D eigenvalue weighted by Gasteiger charge is -2.22. The van der Waals surface area contributed by atoms with E-state index in [1.54, 1.807) is 6.20 Å². The summed E-state index contributed by atoms with van der Waals surface area (Å²) < 4.78 is 1.01. The Morgan fingerprint density at radius 3 is 2.77 bits per heavy atom. The van der Waals surface area contributed by atoms with Gasteiger partial charge in [0.2, 0.25) is 5.95 Å². The minimum Gasteiger partial charge on any atom is -0.350 e. The highest BCUT2D eigenvalue weighted by Gasteiger charge is 2.14. The molecule has 1 aliphatic rings. The Bertz CT molecular complexity index is 640. The van der Waals surface area contributed by atoms with E-state index in [4.69, 9.17) is 0 Å². The molecule has 0 atom stereocenters. The lowest BCUT2D eigenvalue weighted by Crippen LogP contribution is -2.23. The molecule has 0 spiro atoms. The first kappa shape index (κ1) is 15.2. The third-order valence-corrected chi connectivity index (χ3v) is 4.54. The summed E-state index contributed by atoms with van der Waals surface area (Å²) >= 11 is 3.56. The van der Waals surface area contributed by atoms with Crippen molar-refractivity contribution in [2.45, 2.75) is 45.1 Å². The number of halogens is 1. The van der Waals surface area contributed by atoms with Crippen LogP contribution in [0.3, 0.4) is 0 Å². The molecule has 0 radical (unpaired) electrons. The van der Waals surface area contributed by atoms with Crippen molar-refractivity contribution in [3.05, 3.63) is 34.4 Å². The molecule has 116 valence electrons. The van der Waals surface area contributed by atoms with Gasteiger partial charge in [0.05, 0.1) is 11.9 Å². The van der Waals surface area contributed by atoms with E-state index < -0.39 is 0 Å². The van der Waals surface area contributed by atoms with Crippen molar-refractivity contribution in [3.8, 4) is 0 Å². The van der Waals surface area contributed by atoms with E-state index in [0.717, 1.165) is 10.2 Å². The number of aromatic nitrogens is 3. The molecule has 5 nitrogen and oxygen atoms in total. The SMILES string of the molecule is Cc1ccc(Nc2cnnc(NC3CCCCC3)n2)c(Br)c1. The van der Waals surface area contributed by atoms with Crippen LogP contribution in [-0.2, 0) is 0 Å². The highest BCUT2D eigenvalue weighted by atomic mass is 79.9. The quantitative estimate of drug-likeness (QED) is 0.843. The van der Waals surface area contributed by atoms with Crippen LogP contribution >= 0.6 is 15.9 Å². The minimum absolute atomic E-state index is 0.469. The molecular formula is C16H20BrN5. The standard InChI is InChI=1S/C16H20BrN5/c1-11-7-8-14(13(17)9-11)20-15-10-18-22-16(21-15)19-12-5-3-2-4-6-12/h7-10,12H,2-6H2,1H3,(H2,19,20,21,22). The van der Waals surface area contributed by atoms with Gasteiger partial charge in [0.25, 0.3) is 0 Å². The monoisotopic (exact) mass is 361 g/mol. The topological polar surface area (TPSA) is 62.7 Å². The zero-order valence-corrected chi connectivity index (χ0v) is 14.2. The van der Waals surface area contributed by atoms with Gasteiger partial charge in [-0.25, -0.2) is 0 Å². The van der Waals surface area contributed by atoms with Crippen LogP contribution in [0.4, 0.5) is 17.5 Å². The van der Waals surface area contributed by atoms with Crippen LogP contribution in [0, 0.1) is 6.92 Å². The lowest BCUT2D eigenvalue weighted by molar-refractivity contribution is 0.460.